The minimum absolute atomic E-state index is 0.228. The van der Waals surface area contributed by atoms with E-state index in [1.165, 1.54) is 16.8 Å². The van der Waals surface area contributed by atoms with Crippen LogP contribution in [0.25, 0.3) is 0 Å². The summed E-state index contributed by atoms with van der Waals surface area (Å²) < 4.78 is 27.6. The maximum Gasteiger partial charge on any atom is 0.278 e. The summed E-state index contributed by atoms with van der Waals surface area (Å²) in [6.45, 7) is 2.06. The number of carbonyl (C=O) groups excluding carboxylic acids is 1. The standard InChI is InChI=1S/C25H29N7O4S/c1-3-36-31-25(33)19-14-27-24(30-23-10-11-26-15-28-23)13-21(19)29-20-9-6-17(16-4-5-16)12-22(20)32(2)37(34,35)18-7-8-18/h6,9-16,18H,3-5,7-8H2,1-2H3,(H,31,33)(H2,26,27,28,29,30). The number of amides is 1. The number of benzene rings is 1. The number of hydrogen-bond donors (Lipinski definition) is 3. The monoisotopic (exact) mass is 523 g/mol. The second-order valence-electron chi connectivity index (χ2n) is 9.09. The Labute approximate surface area is 215 Å². The van der Waals surface area contributed by atoms with Crippen LogP contribution in [0.15, 0.2) is 49.1 Å². The fourth-order valence-electron chi connectivity index (χ4n) is 3.95. The van der Waals surface area contributed by atoms with Crippen LogP contribution < -0.4 is 20.4 Å². The van der Waals surface area contributed by atoms with Crippen molar-refractivity contribution in [2.75, 3.05) is 28.6 Å². The summed E-state index contributed by atoms with van der Waals surface area (Å²) in [4.78, 5) is 30.3. The molecule has 0 bridgehead atoms. The van der Waals surface area contributed by atoms with Crippen molar-refractivity contribution < 1.29 is 18.0 Å². The van der Waals surface area contributed by atoms with Crippen molar-refractivity contribution >= 4 is 44.6 Å². The molecular formula is C25H29N7O4S. The zero-order valence-corrected chi connectivity index (χ0v) is 21.5. The number of carbonyl (C=O) groups is 1. The van der Waals surface area contributed by atoms with Crippen molar-refractivity contribution in [1.29, 1.82) is 0 Å². The molecule has 194 valence electrons. The van der Waals surface area contributed by atoms with Gasteiger partial charge in [0.1, 0.15) is 18.0 Å². The predicted octanol–water partition coefficient (Wildman–Crippen LogP) is 3.85. The molecule has 0 aliphatic heterocycles. The van der Waals surface area contributed by atoms with Crippen molar-refractivity contribution in [2.24, 2.45) is 0 Å². The molecule has 2 fully saturated rings. The molecule has 2 heterocycles. The van der Waals surface area contributed by atoms with E-state index in [4.69, 9.17) is 4.84 Å². The van der Waals surface area contributed by atoms with Gasteiger partial charge >= 0.3 is 0 Å². The molecule has 11 nitrogen and oxygen atoms in total. The molecule has 0 unspecified atom stereocenters. The van der Waals surface area contributed by atoms with Crippen molar-refractivity contribution in [2.45, 2.75) is 43.8 Å². The van der Waals surface area contributed by atoms with Gasteiger partial charge in [0.15, 0.2) is 0 Å². The van der Waals surface area contributed by atoms with Gasteiger partial charge < -0.3 is 10.6 Å². The normalized spacial score (nSPS) is 15.2. The maximum atomic E-state index is 13.1. The number of rotatable bonds is 11. The molecule has 1 aromatic carbocycles. The van der Waals surface area contributed by atoms with Gasteiger partial charge in [-0.05, 0) is 62.3 Å². The Morgan fingerprint density at radius 1 is 1.05 bits per heavy atom. The van der Waals surface area contributed by atoms with Gasteiger partial charge in [-0.1, -0.05) is 6.07 Å². The average molecular weight is 524 g/mol. The SMILES string of the molecule is CCONC(=O)c1cnc(Nc2ccncn2)cc1Nc1ccc(C2CC2)cc1N(C)S(=O)(=O)C1CC1. The second-order valence-corrected chi connectivity index (χ2v) is 11.3. The van der Waals surface area contributed by atoms with E-state index in [2.05, 4.69) is 31.1 Å². The van der Waals surface area contributed by atoms with E-state index in [9.17, 15) is 13.2 Å². The number of aromatic nitrogens is 3. The Morgan fingerprint density at radius 2 is 1.86 bits per heavy atom. The molecule has 0 radical (unpaired) electrons. The molecular weight excluding hydrogens is 494 g/mol. The highest BCUT2D eigenvalue weighted by Crippen LogP contribution is 2.44. The van der Waals surface area contributed by atoms with E-state index in [1.54, 1.807) is 32.3 Å². The first-order chi connectivity index (χ1) is 17.9. The molecule has 3 N–H and O–H groups in total. The van der Waals surface area contributed by atoms with Gasteiger partial charge in [-0.2, -0.15) is 0 Å². The van der Waals surface area contributed by atoms with Crippen LogP contribution in [-0.2, 0) is 14.9 Å². The number of hydroxylamine groups is 1. The van der Waals surface area contributed by atoms with Crippen molar-refractivity contribution in [1.82, 2.24) is 20.4 Å². The third kappa shape index (κ3) is 5.65. The van der Waals surface area contributed by atoms with E-state index >= 15 is 0 Å². The second kappa shape index (κ2) is 10.3. The number of nitrogens with zero attached hydrogens (tertiary/aromatic N) is 4. The molecule has 2 saturated carbocycles. The summed E-state index contributed by atoms with van der Waals surface area (Å²) in [5.74, 6) is 0.927. The third-order valence-electron chi connectivity index (χ3n) is 6.30. The molecule has 3 aromatic rings. The van der Waals surface area contributed by atoms with Crippen LogP contribution >= 0.6 is 0 Å². The van der Waals surface area contributed by atoms with Gasteiger partial charge in [0.05, 0.1) is 34.5 Å². The van der Waals surface area contributed by atoms with Crippen LogP contribution in [0.2, 0.25) is 0 Å². The minimum atomic E-state index is -3.49. The average Bonchev–Trinajstić information content (AvgIpc) is 3.80. The largest absolute Gasteiger partial charge is 0.353 e. The van der Waals surface area contributed by atoms with E-state index in [-0.39, 0.29) is 10.8 Å². The van der Waals surface area contributed by atoms with Gasteiger partial charge in [-0.3, -0.25) is 13.9 Å². The smallest absolute Gasteiger partial charge is 0.278 e. The number of nitrogens with one attached hydrogen (secondary N) is 3. The molecule has 0 atom stereocenters. The summed E-state index contributed by atoms with van der Waals surface area (Å²) in [5.41, 5.74) is 5.24. The quantitative estimate of drug-likeness (QED) is 0.320. The van der Waals surface area contributed by atoms with Gasteiger partial charge in [0.25, 0.3) is 5.91 Å². The summed E-state index contributed by atoms with van der Waals surface area (Å²) in [7, 11) is -1.90. The zero-order chi connectivity index (χ0) is 26.0. The summed E-state index contributed by atoms with van der Waals surface area (Å²) in [6, 6.07) is 9.15. The molecule has 2 aromatic heterocycles. The first-order valence-electron chi connectivity index (χ1n) is 12.2. The summed E-state index contributed by atoms with van der Waals surface area (Å²) in [6.07, 6.45) is 7.95. The molecule has 2 aliphatic rings. The van der Waals surface area contributed by atoms with E-state index in [1.807, 2.05) is 18.2 Å². The highest BCUT2D eigenvalue weighted by atomic mass is 32.2. The predicted molar refractivity (Wildman–Crippen MR) is 141 cm³/mol. The molecule has 0 saturated heterocycles. The lowest BCUT2D eigenvalue weighted by Gasteiger charge is -2.24. The summed E-state index contributed by atoms with van der Waals surface area (Å²) >= 11 is 0. The van der Waals surface area contributed by atoms with Gasteiger partial charge in [-0.25, -0.2) is 28.8 Å². The van der Waals surface area contributed by atoms with E-state index in [0.717, 1.165) is 18.4 Å². The van der Waals surface area contributed by atoms with Crippen LogP contribution in [0, 0.1) is 0 Å². The molecule has 0 spiro atoms. The molecule has 5 rings (SSSR count). The number of pyridine rings is 1. The third-order valence-corrected chi connectivity index (χ3v) is 8.58. The lowest BCUT2D eigenvalue weighted by atomic mass is 10.1. The van der Waals surface area contributed by atoms with Crippen LogP contribution in [0.4, 0.5) is 28.7 Å². The summed E-state index contributed by atoms with van der Waals surface area (Å²) in [5, 5.41) is 6.02. The van der Waals surface area contributed by atoms with Crippen LogP contribution in [0.3, 0.4) is 0 Å². The number of sulfonamides is 1. The first-order valence-corrected chi connectivity index (χ1v) is 13.7. The topological polar surface area (TPSA) is 138 Å². The Bertz CT molecular complexity index is 1390. The Hall–Kier alpha value is -3.77. The molecule has 1 amide bonds. The maximum absolute atomic E-state index is 13.1. The minimum Gasteiger partial charge on any atom is -0.353 e. The van der Waals surface area contributed by atoms with Crippen molar-refractivity contribution in [3.63, 3.8) is 0 Å². The first kappa shape index (κ1) is 24.9. The molecule has 2 aliphatic carbocycles. The van der Waals surface area contributed by atoms with Gasteiger partial charge in [0.2, 0.25) is 10.0 Å². The number of anilines is 5. The highest BCUT2D eigenvalue weighted by molar-refractivity contribution is 7.93. The number of hydrogen-bond acceptors (Lipinski definition) is 9. The highest BCUT2D eigenvalue weighted by Gasteiger charge is 2.39. The Morgan fingerprint density at radius 3 is 2.54 bits per heavy atom. The fraction of sp³-hybridized carbons (Fsp3) is 0.360. The lowest BCUT2D eigenvalue weighted by molar-refractivity contribution is 0.0365. The lowest BCUT2D eigenvalue weighted by Crippen LogP contribution is -2.30. The van der Waals surface area contributed by atoms with Gasteiger partial charge in [0, 0.05) is 25.5 Å². The molecule has 37 heavy (non-hydrogen) atoms. The van der Waals surface area contributed by atoms with Gasteiger partial charge in [-0.15, -0.1) is 0 Å². The van der Waals surface area contributed by atoms with Crippen molar-refractivity contribution in [3.05, 3.63) is 60.2 Å². The van der Waals surface area contributed by atoms with E-state index in [0.29, 0.717) is 54.1 Å². The zero-order valence-electron chi connectivity index (χ0n) is 20.6. The fourth-order valence-corrected chi connectivity index (χ4v) is 5.56. The Balaban J connectivity index is 1.53. The van der Waals surface area contributed by atoms with Crippen LogP contribution in [0.1, 0.15) is 54.4 Å². The van der Waals surface area contributed by atoms with E-state index < -0.39 is 15.9 Å². The molecule has 12 heteroatoms. The van der Waals surface area contributed by atoms with Crippen LogP contribution in [-0.4, -0.2) is 48.2 Å². The van der Waals surface area contributed by atoms with Crippen molar-refractivity contribution in [3.8, 4) is 0 Å². The van der Waals surface area contributed by atoms with Crippen LogP contribution in [0.5, 0.6) is 0 Å². The Kier molecular flexibility index (Phi) is 6.94.